The Kier molecular flexibility index (Phi) is 4.59. The Bertz CT molecular complexity index is 1140. The quantitative estimate of drug-likeness (QED) is 0.590. The molecule has 156 valence electrons. The summed E-state index contributed by atoms with van der Waals surface area (Å²) in [6.45, 7) is 3.76. The maximum atomic E-state index is 13.7. The highest BCUT2D eigenvalue weighted by Gasteiger charge is 2.60. The standard InChI is InChI=1S/C25H21FN2O3/c1-15-7-6-8-16(2)21(15)27-24(29)20-22(17-11-13-18(26)14-12-17)28(31-23(20)25(27)30)19-9-4-3-5-10-19/h3-14,20,22-23H,1-2H3/t20-,22-,23-/m0/s1. The minimum absolute atomic E-state index is 0.305. The van der Waals surface area contributed by atoms with E-state index in [1.165, 1.54) is 17.0 Å². The van der Waals surface area contributed by atoms with Crippen molar-refractivity contribution in [1.82, 2.24) is 0 Å². The van der Waals surface area contributed by atoms with Crippen LogP contribution < -0.4 is 9.96 Å². The molecule has 0 N–H and O–H groups in total. The van der Waals surface area contributed by atoms with Crippen molar-refractivity contribution in [3.8, 4) is 0 Å². The van der Waals surface area contributed by atoms with Crippen LogP contribution in [0.3, 0.4) is 0 Å². The Hall–Kier alpha value is -3.51. The number of fused-ring (bicyclic) bond motifs is 1. The van der Waals surface area contributed by atoms with Crippen LogP contribution in [0.25, 0.3) is 0 Å². The highest BCUT2D eigenvalue weighted by Crippen LogP contribution is 2.48. The van der Waals surface area contributed by atoms with Crippen molar-refractivity contribution < 1.29 is 18.8 Å². The summed E-state index contributed by atoms with van der Waals surface area (Å²) in [7, 11) is 0. The Morgan fingerprint density at radius 2 is 1.45 bits per heavy atom. The van der Waals surface area contributed by atoms with Crippen LogP contribution in [0, 0.1) is 25.6 Å². The second-order valence-corrected chi connectivity index (χ2v) is 7.96. The van der Waals surface area contributed by atoms with Gasteiger partial charge in [-0.1, -0.05) is 48.5 Å². The molecular formula is C25H21FN2O3. The van der Waals surface area contributed by atoms with Gasteiger partial charge in [-0.2, -0.15) is 0 Å². The van der Waals surface area contributed by atoms with E-state index in [1.54, 1.807) is 17.2 Å². The van der Waals surface area contributed by atoms with Crippen molar-refractivity contribution in [1.29, 1.82) is 0 Å². The first kappa shape index (κ1) is 19.5. The maximum Gasteiger partial charge on any atom is 0.266 e. The number of benzene rings is 3. The van der Waals surface area contributed by atoms with Crippen molar-refractivity contribution >= 4 is 23.2 Å². The molecular weight excluding hydrogens is 395 g/mol. The van der Waals surface area contributed by atoms with E-state index in [4.69, 9.17) is 4.84 Å². The molecule has 2 fully saturated rings. The number of imide groups is 1. The summed E-state index contributed by atoms with van der Waals surface area (Å²) in [5.74, 6) is -1.79. The third-order valence-corrected chi connectivity index (χ3v) is 6.00. The highest BCUT2D eigenvalue weighted by molar-refractivity contribution is 6.24. The molecule has 2 saturated heterocycles. The fourth-order valence-corrected chi connectivity index (χ4v) is 4.59. The van der Waals surface area contributed by atoms with Gasteiger partial charge in [-0.3, -0.25) is 14.4 Å². The summed E-state index contributed by atoms with van der Waals surface area (Å²) in [6, 6.07) is 20.4. The van der Waals surface area contributed by atoms with Crippen LogP contribution in [0.15, 0.2) is 72.8 Å². The summed E-state index contributed by atoms with van der Waals surface area (Å²) in [5.41, 5.74) is 3.74. The zero-order valence-electron chi connectivity index (χ0n) is 17.2. The molecule has 0 bridgehead atoms. The summed E-state index contributed by atoms with van der Waals surface area (Å²) < 4.78 is 13.6. The predicted molar refractivity (Wildman–Crippen MR) is 115 cm³/mol. The molecule has 3 aromatic rings. The van der Waals surface area contributed by atoms with E-state index in [0.717, 1.165) is 16.8 Å². The van der Waals surface area contributed by atoms with Gasteiger partial charge in [0.1, 0.15) is 11.7 Å². The molecule has 3 aromatic carbocycles. The third-order valence-electron chi connectivity index (χ3n) is 6.00. The van der Waals surface area contributed by atoms with Crippen LogP contribution >= 0.6 is 0 Å². The molecule has 0 unspecified atom stereocenters. The zero-order chi connectivity index (χ0) is 21.7. The summed E-state index contributed by atoms with van der Waals surface area (Å²) >= 11 is 0. The molecule has 0 saturated carbocycles. The molecule has 2 amide bonds. The average Bonchev–Trinajstić information content (AvgIpc) is 3.27. The van der Waals surface area contributed by atoms with Crippen molar-refractivity contribution in [2.24, 2.45) is 5.92 Å². The van der Waals surface area contributed by atoms with E-state index < -0.39 is 18.1 Å². The first-order valence-corrected chi connectivity index (χ1v) is 10.2. The lowest BCUT2D eigenvalue weighted by atomic mass is 9.90. The first-order chi connectivity index (χ1) is 15.0. The molecule has 5 rings (SSSR count). The number of para-hydroxylation sites is 2. The molecule has 0 spiro atoms. The largest absolute Gasteiger partial charge is 0.273 e. The molecule has 0 radical (unpaired) electrons. The molecule has 3 atom stereocenters. The normalized spacial score (nSPS) is 22.9. The van der Waals surface area contributed by atoms with Gasteiger partial charge in [-0.25, -0.2) is 14.4 Å². The maximum absolute atomic E-state index is 13.7. The molecule has 2 aliphatic rings. The van der Waals surface area contributed by atoms with Gasteiger partial charge in [0.25, 0.3) is 5.91 Å². The van der Waals surface area contributed by atoms with Crippen molar-refractivity contribution in [3.63, 3.8) is 0 Å². The van der Waals surface area contributed by atoms with E-state index >= 15 is 0 Å². The second-order valence-electron chi connectivity index (χ2n) is 7.96. The number of hydroxylamine groups is 1. The Balaban J connectivity index is 1.61. The minimum atomic E-state index is -0.943. The Morgan fingerprint density at radius 1 is 0.806 bits per heavy atom. The van der Waals surface area contributed by atoms with Crippen LogP contribution in [-0.2, 0) is 14.4 Å². The second kappa shape index (κ2) is 7.32. The molecule has 0 aliphatic carbocycles. The lowest BCUT2D eigenvalue weighted by Gasteiger charge is -2.29. The number of rotatable bonds is 3. The van der Waals surface area contributed by atoms with Crippen molar-refractivity contribution in [2.75, 3.05) is 9.96 Å². The SMILES string of the molecule is Cc1cccc(C)c1N1C(=O)[C@@H]2[C@H](ON(c3ccccc3)[C@H]2c2ccc(F)cc2)C1=O. The lowest BCUT2D eigenvalue weighted by Crippen LogP contribution is -2.38. The van der Waals surface area contributed by atoms with Crippen LogP contribution in [0.4, 0.5) is 15.8 Å². The number of hydrogen-bond acceptors (Lipinski definition) is 4. The lowest BCUT2D eigenvalue weighted by molar-refractivity contribution is -0.126. The van der Waals surface area contributed by atoms with Crippen LogP contribution in [-0.4, -0.2) is 17.9 Å². The summed E-state index contributed by atoms with van der Waals surface area (Å²) in [6.07, 6.45) is -0.943. The van der Waals surface area contributed by atoms with E-state index in [0.29, 0.717) is 11.3 Å². The number of carbonyl (C=O) groups excluding carboxylic acids is 2. The molecule has 6 heteroatoms. The van der Waals surface area contributed by atoms with Crippen LogP contribution in [0.1, 0.15) is 22.7 Å². The minimum Gasteiger partial charge on any atom is -0.273 e. The third kappa shape index (κ3) is 3.02. The van der Waals surface area contributed by atoms with E-state index in [2.05, 4.69) is 0 Å². The van der Waals surface area contributed by atoms with Gasteiger partial charge in [0.2, 0.25) is 5.91 Å². The molecule has 2 aliphatic heterocycles. The topological polar surface area (TPSA) is 49.9 Å². The monoisotopic (exact) mass is 416 g/mol. The average molecular weight is 416 g/mol. The fourth-order valence-electron chi connectivity index (χ4n) is 4.59. The summed E-state index contributed by atoms with van der Waals surface area (Å²) in [4.78, 5) is 34.4. The van der Waals surface area contributed by atoms with Crippen LogP contribution in [0.2, 0.25) is 0 Å². The zero-order valence-corrected chi connectivity index (χ0v) is 17.2. The van der Waals surface area contributed by atoms with Gasteiger partial charge >= 0.3 is 0 Å². The van der Waals surface area contributed by atoms with E-state index in [1.807, 2.05) is 62.4 Å². The Labute approximate surface area is 179 Å². The van der Waals surface area contributed by atoms with Gasteiger partial charge in [-0.15, -0.1) is 0 Å². The number of hydrogen-bond donors (Lipinski definition) is 0. The molecule has 2 heterocycles. The first-order valence-electron chi connectivity index (χ1n) is 10.2. The van der Waals surface area contributed by atoms with E-state index in [9.17, 15) is 14.0 Å². The summed E-state index contributed by atoms with van der Waals surface area (Å²) in [5, 5.41) is 1.61. The molecule has 5 nitrogen and oxygen atoms in total. The predicted octanol–water partition coefficient (Wildman–Crippen LogP) is 4.49. The van der Waals surface area contributed by atoms with Crippen LogP contribution in [0.5, 0.6) is 0 Å². The van der Waals surface area contributed by atoms with Gasteiger partial charge in [0, 0.05) is 0 Å². The smallest absolute Gasteiger partial charge is 0.266 e. The van der Waals surface area contributed by atoms with Gasteiger partial charge in [0.05, 0.1) is 17.4 Å². The number of carbonyl (C=O) groups is 2. The van der Waals surface area contributed by atoms with Crippen molar-refractivity contribution in [2.45, 2.75) is 26.0 Å². The Morgan fingerprint density at radius 3 is 2.10 bits per heavy atom. The number of anilines is 2. The van der Waals surface area contributed by atoms with Crippen molar-refractivity contribution in [3.05, 3.63) is 95.3 Å². The van der Waals surface area contributed by atoms with Gasteiger partial charge in [0.15, 0.2) is 6.10 Å². The number of aryl methyl sites for hydroxylation is 2. The van der Waals surface area contributed by atoms with Gasteiger partial charge < -0.3 is 0 Å². The molecule has 0 aromatic heterocycles. The number of nitrogens with zero attached hydrogens (tertiary/aromatic N) is 2. The molecule has 31 heavy (non-hydrogen) atoms. The van der Waals surface area contributed by atoms with E-state index in [-0.39, 0.29) is 17.6 Å². The fraction of sp³-hybridized carbons (Fsp3) is 0.200. The number of amides is 2. The highest BCUT2D eigenvalue weighted by atomic mass is 19.1. The van der Waals surface area contributed by atoms with Gasteiger partial charge in [-0.05, 0) is 54.8 Å². The number of halogens is 1.